The first-order valence-electron chi connectivity index (χ1n) is 5.65. The van der Waals surface area contributed by atoms with Gasteiger partial charge in [0.25, 0.3) is 0 Å². The summed E-state index contributed by atoms with van der Waals surface area (Å²) in [6, 6.07) is -0.0896. The third kappa shape index (κ3) is 11.2. The highest BCUT2D eigenvalue weighted by atomic mass is 16.5. The first-order valence-corrected chi connectivity index (χ1v) is 5.65. The molecular formula is C11H24N2O2. The summed E-state index contributed by atoms with van der Waals surface area (Å²) in [5.74, 6) is 0.486. The number of urea groups is 1. The molecule has 4 heteroatoms. The van der Waals surface area contributed by atoms with E-state index in [1.165, 1.54) is 0 Å². The lowest BCUT2D eigenvalue weighted by molar-refractivity contribution is 0.0774. The first-order chi connectivity index (χ1) is 7.02. The van der Waals surface area contributed by atoms with Crippen LogP contribution in [0.4, 0.5) is 4.79 Å². The van der Waals surface area contributed by atoms with Gasteiger partial charge in [-0.15, -0.1) is 0 Å². The average Bonchev–Trinajstić information content (AvgIpc) is 2.13. The summed E-state index contributed by atoms with van der Waals surface area (Å²) in [6.07, 6.45) is 1.12. The van der Waals surface area contributed by atoms with Crippen LogP contribution in [0.3, 0.4) is 0 Å². The lowest BCUT2D eigenvalue weighted by atomic mass is 10.2. The number of ether oxygens (including phenoxy) is 1. The Labute approximate surface area is 92.8 Å². The van der Waals surface area contributed by atoms with Gasteiger partial charge in [0, 0.05) is 19.7 Å². The number of hydrogen-bond acceptors (Lipinski definition) is 2. The van der Waals surface area contributed by atoms with Crippen molar-refractivity contribution in [3.05, 3.63) is 0 Å². The number of carbonyl (C=O) groups is 1. The molecule has 0 unspecified atom stereocenters. The maximum atomic E-state index is 11.2. The van der Waals surface area contributed by atoms with E-state index >= 15 is 0 Å². The largest absolute Gasteiger partial charge is 0.379 e. The van der Waals surface area contributed by atoms with Gasteiger partial charge in [-0.2, -0.15) is 0 Å². The summed E-state index contributed by atoms with van der Waals surface area (Å²) in [6.45, 7) is 10.2. The molecule has 0 heterocycles. The molecule has 0 saturated carbocycles. The minimum Gasteiger partial charge on any atom is -0.379 e. The molecular weight excluding hydrogens is 192 g/mol. The van der Waals surface area contributed by atoms with Crippen LogP contribution in [-0.2, 0) is 4.74 Å². The van der Waals surface area contributed by atoms with Gasteiger partial charge in [-0.25, -0.2) is 4.79 Å². The lowest BCUT2D eigenvalue weighted by Gasteiger charge is -2.10. The molecule has 90 valence electrons. The fourth-order valence-electron chi connectivity index (χ4n) is 0.952. The van der Waals surface area contributed by atoms with Gasteiger partial charge < -0.3 is 15.4 Å². The molecule has 0 aliphatic rings. The zero-order valence-corrected chi connectivity index (χ0v) is 10.3. The van der Waals surface area contributed by atoms with Crippen LogP contribution in [0.5, 0.6) is 0 Å². The van der Waals surface area contributed by atoms with Crippen molar-refractivity contribution in [2.45, 2.75) is 40.2 Å². The van der Waals surface area contributed by atoms with E-state index < -0.39 is 0 Å². The second kappa shape index (κ2) is 8.53. The molecule has 0 saturated heterocycles. The van der Waals surface area contributed by atoms with E-state index in [4.69, 9.17) is 4.74 Å². The van der Waals surface area contributed by atoms with E-state index in [0.29, 0.717) is 25.6 Å². The summed E-state index contributed by atoms with van der Waals surface area (Å²) in [7, 11) is 0. The van der Waals surface area contributed by atoms with Crippen molar-refractivity contribution in [2.75, 3.05) is 19.7 Å². The summed E-state index contributed by atoms with van der Waals surface area (Å²) in [5.41, 5.74) is 0. The lowest BCUT2D eigenvalue weighted by Crippen LogP contribution is -2.38. The van der Waals surface area contributed by atoms with Gasteiger partial charge in [-0.1, -0.05) is 13.8 Å². The van der Waals surface area contributed by atoms with Gasteiger partial charge >= 0.3 is 6.03 Å². The second-order valence-corrected chi connectivity index (χ2v) is 4.30. The summed E-state index contributed by atoms with van der Waals surface area (Å²) >= 11 is 0. The Morgan fingerprint density at radius 3 is 2.40 bits per heavy atom. The first kappa shape index (κ1) is 14.2. The van der Waals surface area contributed by atoms with Crippen LogP contribution in [0.2, 0.25) is 0 Å². The van der Waals surface area contributed by atoms with Gasteiger partial charge in [-0.3, -0.25) is 0 Å². The Morgan fingerprint density at radius 1 is 1.20 bits per heavy atom. The predicted octanol–water partition coefficient (Wildman–Crippen LogP) is 1.76. The Hall–Kier alpha value is -0.770. The average molecular weight is 216 g/mol. The fraction of sp³-hybridized carbons (Fsp3) is 0.909. The summed E-state index contributed by atoms with van der Waals surface area (Å²) in [5, 5.41) is 5.57. The third-order valence-corrected chi connectivity index (χ3v) is 1.73. The Kier molecular flexibility index (Phi) is 8.09. The van der Waals surface area contributed by atoms with E-state index in [2.05, 4.69) is 24.5 Å². The van der Waals surface area contributed by atoms with Gasteiger partial charge in [0.1, 0.15) is 0 Å². The Morgan fingerprint density at radius 2 is 1.87 bits per heavy atom. The summed E-state index contributed by atoms with van der Waals surface area (Å²) in [4.78, 5) is 11.2. The molecule has 0 fully saturated rings. The minimum atomic E-state index is -0.0896. The van der Waals surface area contributed by atoms with Gasteiger partial charge in [0.2, 0.25) is 0 Å². The SMILES string of the molecule is CC(C)CNC(=O)NCCCOC(C)C. The van der Waals surface area contributed by atoms with E-state index in [1.807, 2.05) is 13.8 Å². The van der Waals surface area contributed by atoms with E-state index in [1.54, 1.807) is 0 Å². The van der Waals surface area contributed by atoms with E-state index in [-0.39, 0.29) is 12.1 Å². The van der Waals surface area contributed by atoms with Crippen LogP contribution in [0, 0.1) is 5.92 Å². The molecule has 0 aromatic heterocycles. The van der Waals surface area contributed by atoms with Crippen LogP contribution in [-0.4, -0.2) is 31.8 Å². The minimum absolute atomic E-state index is 0.0896. The number of hydrogen-bond donors (Lipinski definition) is 2. The highest BCUT2D eigenvalue weighted by Gasteiger charge is 2.00. The topological polar surface area (TPSA) is 50.4 Å². The zero-order chi connectivity index (χ0) is 11.7. The van der Waals surface area contributed by atoms with Crippen LogP contribution < -0.4 is 10.6 Å². The maximum absolute atomic E-state index is 11.2. The molecule has 0 bridgehead atoms. The van der Waals surface area contributed by atoms with Crippen molar-refractivity contribution >= 4 is 6.03 Å². The molecule has 0 aromatic carbocycles. The normalized spacial score (nSPS) is 10.8. The molecule has 0 aromatic rings. The molecule has 0 rings (SSSR count). The number of amides is 2. The van der Waals surface area contributed by atoms with Crippen molar-refractivity contribution < 1.29 is 9.53 Å². The number of nitrogens with one attached hydrogen (secondary N) is 2. The Bertz CT molecular complexity index is 170. The van der Waals surface area contributed by atoms with Gasteiger partial charge in [0.15, 0.2) is 0 Å². The molecule has 0 atom stereocenters. The van der Waals surface area contributed by atoms with Crippen LogP contribution in [0.15, 0.2) is 0 Å². The van der Waals surface area contributed by atoms with Crippen molar-refractivity contribution in [3.63, 3.8) is 0 Å². The van der Waals surface area contributed by atoms with Gasteiger partial charge in [-0.05, 0) is 26.2 Å². The quantitative estimate of drug-likeness (QED) is 0.637. The molecule has 0 spiro atoms. The molecule has 4 nitrogen and oxygen atoms in total. The smallest absolute Gasteiger partial charge is 0.314 e. The molecule has 2 N–H and O–H groups in total. The molecule has 0 radical (unpaired) electrons. The van der Waals surface area contributed by atoms with Gasteiger partial charge in [0.05, 0.1) is 6.10 Å². The third-order valence-electron chi connectivity index (χ3n) is 1.73. The fourth-order valence-corrected chi connectivity index (χ4v) is 0.952. The molecule has 0 aliphatic carbocycles. The second-order valence-electron chi connectivity index (χ2n) is 4.30. The van der Waals surface area contributed by atoms with Crippen molar-refractivity contribution in [1.29, 1.82) is 0 Å². The molecule has 2 amide bonds. The highest BCUT2D eigenvalue weighted by Crippen LogP contribution is 1.89. The monoisotopic (exact) mass is 216 g/mol. The molecule has 0 aliphatic heterocycles. The highest BCUT2D eigenvalue weighted by molar-refractivity contribution is 5.73. The standard InChI is InChI=1S/C11H24N2O2/c1-9(2)8-13-11(14)12-6-5-7-15-10(3)4/h9-10H,5-8H2,1-4H3,(H2,12,13,14). The van der Waals surface area contributed by atoms with Crippen LogP contribution in [0.1, 0.15) is 34.1 Å². The van der Waals surface area contributed by atoms with Crippen molar-refractivity contribution in [2.24, 2.45) is 5.92 Å². The number of carbonyl (C=O) groups excluding carboxylic acids is 1. The van der Waals surface area contributed by atoms with Crippen molar-refractivity contribution in [3.8, 4) is 0 Å². The summed E-state index contributed by atoms with van der Waals surface area (Å²) < 4.78 is 5.35. The van der Waals surface area contributed by atoms with E-state index in [0.717, 1.165) is 6.42 Å². The molecule has 15 heavy (non-hydrogen) atoms. The number of rotatable bonds is 7. The van der Waals surface area contributed by atoms with Crippen LogP contribution >= 0.6 is 0 Å². The zero-order valence-electron chi connectivity index (χ0n) is 10.3. The Balaban J connectivity index is 3.24. The van der Waals surface area contributed by atoms with Crippen molar-refractivity contribution in [1.82, 2.24) is 10.6 Å². The maximum Gasteiger partial charge on any atom is 0.314 e. The van der Waals surface area contributed by atoms with Crippen LogP contribution in [0.25, 0.3) is 0 Å². The predicted molar refractivity (Wildman–Crippen MR) is 61.9 cm³/mol. The van der Waals surface area contributed by atoms with E-state index in [9.17, 15) is 4.79 Å².